The van der Waals surface area contributed by atoms with Gasteiger partial charge in [-0.1, -0.05) is 56.7 Å². The molecule has 2 aromatic carbocycles. The summed E-state index contributed by atoms with van der Waals surface area (Å²) < 4.78 is 23.6. The molecule has 0 unspecified atom stereocenters. The summed E-state index contributed by atoms with van der Waals surface area (Å²) in [5.41, 5.74) is 2.33. The second kappa shape index (κ2) is 7.83. The van der Waals surface area contributed by atoms with Gasteiger partial charge in [0.2, 0.25) is 5.91 Å². The lowest BCUT2D eigenvalue weighted by Crippen LogP contribution is -2.26. The molecule has 0 aliphatic heterocycles. The van der Waals surface area contributed by atoms with E-state index in [9.17, 15) is 13.2 Å². The van der Waals surface area contributed by atoms with Crippen molar-refractivity contribution in [1.29, 1.82) is 0 Å². The molecule has 0 spiro atoms. The Kier molecular flexibility index (Phi) is 6.01. The largest absolute Gasteiger partial charge is 0.325 e. The van der Waals surface area contributed by atoms with Gasteiger partial charge >= 0.3 is 0 Å². The minimum atomic E-state index is -3.32. The number of hydrogen-bond donors (Lipinski definition) is 1. The highest BCUT2D eigenvalue weighted by molar-refractivity contribution is 7.90. The summed E-state index contributed by atoms with van der Waals surface area (Å²) in [5.74, 6) is -0.234. The lowest BCUT2D eigenvalue weighted by Gasteiger charge is -2.23. The van der Waals surface area contributed by atoms with Crippen molar-refractivity contribution in [3.8, 4) is 0 Å². The third kappa shape index (κ3) is 4.69. The monoisotopic (exact) mass is 359 g/mol. The van der Waals surface area contributed by atoms with Gasteiger partial charge in [-0.05, 0) is 36.1 Å². The van der Waals surface area contributed by atoms with Crippen LogP contribution in [0.3, 0.4) is 0 Å². The summed E-state index contributed by atoms with van der Waals surface area (Å²) in [6.07, 6.45) is 2.03. The van der Waals surface area contributed by atoms with Crippen molar-refractivity contribution in [2.75, 3.05) is 11.6 Å². The van der Waals surface area contributed by atoms with Crippen molar-refractivity contribution in [1.82, 2.24) is 0 Å². The second-order valence-corrected chi connectivity index (χ2v) is 8.53. The maximum absolute atomic E-state index is 13.0. The molecule has 2 atom stereocenters. The van der Waals surface area contributed by atoms with Gasteiger partial charge < -0.3 is 5.32 Å². The van der Waals surface area contributed by atoms with Crippen LogP contribution in [-0.2, 0) is 14.6 Å². The van der Waals surface area contributed by atoms with Crippen molar-refractivity contribution in [3.63, 3.8) is 0 Å². The van der Waals surface area contributed by atoms with E-state index in [1.165, 1.54) is 6.07 Å². The average Bonchev–Trinajstić information content (AvgIpc) is 2.56. The molecule has 134 valence electrons. The molecule has 0 saturated carbocycles. The molecule has 2 rings (SSSR count). The van der Waals surface area contributed by atoms with E-state index >= 15 is 0 Å². The minimum Gasteiger partial charge on any atom is -0.325 e. The molecule has 0 saturated heterocycles. The second-order valence-electron chi connectivity index (χ2n) is 6.51. The first-order valence-electron chi connectivity index (χ1n) is 8.40. The number of carbonyl (C=O) groups excluding carboxylic acids is 1. The SMILES string of the molecule is CC[C@H](C)[C@@H](C(=O)Nc1cc(S(C)(=O)=O)ccc1C)c1ccccc1. The number of sulfone groups is 1. The molecule has 0 aromatic heterocycles. The molecule has 1 N–H and O–H groups in total. The number of aryl methyl sites for hydroxylation is 1. The van der Waals surface area contributed by atoms with Gasteiger partial charge in [0, 0.05) is 11.9 Å². The van der Waals surface area contributed by atoms with Gasteiger partial charge in [-0.2, -0.15) is 0 Å². The molecule has 4 nitrogen and oxygen atoms in total. The van der Waals surface area contributed by atoms with Crippen molar-refractivity contribution in [2.24, 2.45) is 5.92 Å². The summed E-state index contributed by atoms with van der Waals surface area (Å²) in [7, 11) is -3.32. The van der Waals surface area contributed by atoms with E-state index in [0.717, 1.165) is 23.8 Å². The van der Waals surface area contributed by atoms with Crippen molar-refractivity contribution in [3.05, 3.63) is 59.7 Å². The van der Waals surface area contributed by atoms with Crippen LogP contribution in [0.2, 0.25) is 0 Å². The predicted molar refractivity (Wildman–Crippen MR) is 102 cm³/mol. The predicted octanol–water partition coefficient (Wildman–Crippen LogP) is 4.17. The van der Waals surface area contributed by atoms with Crippen LogP contribution < -0.4 is 5.32 Å². The highest BCUT2D eigenvalue weighted by Gasteiger charge is 2.26. The van der Waals surface area contributed by atoms with Crippen LogP contribution >= 0.6 is 0 Å². The van der Waals surface area contributed by atoms with E-state index in [1.807, 2.05) is 37.3 Å². The van der Waals surface area contributed by atoms with E-state index in [-0.39, 0.29) is 22.6 Å². The molecule has 0 bridgehead atoms. The van der Waals surface area contributed by atoms with Crippen LogP contribution in [0.4, 0.5) is 5.69 Å². The normalized spacial score (nSPS) is 13.9. The highest BCUT2D eigenvalue weighted by atomic mass is 32.2. The first kappa shape index (κ1) is 19.2. The lowest BCUT2D eigenvalue weighted by atomic mass is 9.85. The van der Waals surface area contributed by atoms with Crippen LogP contribution in [0.5, 0.6) is 0 Å². The zero-order chi connectivity index (χ0) is 18.6. The van der Waals surface area contributed by atoms with Gasteiger partial charge in [0.15, 0.2) is 9.84 Å². The first-order valence-corrected chi connectivity index (χ1v) is 10.3. The Morgan fingerprint density at radius 1 is 1.12 bits per heavy atom. The molecule has 1 amide bonds. The Labute approximate surface area is 150 Å². The standard InChI is InChI=1S/C20H25NO3S/c1-5-14(2)19(16-9-7-6-8-10-16)20(22)21-18-13-17(25(4,23)24)12-11-15(18)3/h6-14,19H,5H2,1-4H3,(H,21,22)/t14-,19+/m0/s1. The van der Waals surface area contributed by atoms with Gasteiger partial charge in [0.1, 0.15) is 0 Å². The molecule has 25 heavy (non-hydrogen) atoms. The van der Waals surface area contributed by atoms with E-state index in [4.69, 9.17) is 0 Å². The number of hydrogen-bond acceptors (Lipinski definition) is 3. The number of carbonyl (C=O) groups is 1. The zero-order valence-electron chi connectivity index (χ0n) is 15.1. The van der Waals surface area contributed by atoms with Gasteiger partial charge in [-0.25, -0.2) is 8.42 Å². The number of nitrogens with one attached hydrogen (secondary N) is 1. The fourth-order valence-corrected chi connectivity index (χ4v) is 3.46. The molecule has 2 aromatic rings. The number of amides is 1. The summed E-state index contributed by atoms with van der Waals surface area (Å²) in [6, 6.07) is 14.5. The molecule has 0 fully saturated rings. The zero-order valence-corrected chi connectivity index (χ0v) is 15.9. The van der Waals surface area contributed by atoms with Crippen LogP contribution in [0.25, 0.3) is 0 Å². The topological polar surface area (TPSA) is 63.2 Å². The summed E-state index contributed by atoms with van der Waals surface area (Å²) in [4.78, 5) is 13.2. The van der Waals surface area contributed by atoms with Crippen LogP contribution in [0.1, 0.15) is 37.3 Å². The van der Waals surface area contributed by atoms with Crippen LogP contribution in [-0.4, -0.2) is 20.6 Å². The van der Waals surface area contributed by atoms with Gasteiger partial charge in [-0.3, -0.25) is 4.79 Å². The maximum atomic E-state index is 13.0. The van der Waals surface area contributed by atoms with E-state index in [2.05, 4.69) is 19.2 Å². The molecule has 0 radical (unpaired) electrons. The Hall–Kier alpha value is -2.14. The maximum Gasteiger partial charge on any atom is 0.232 e. The third-order valence-electron chi connectivity index (χ3n) is 4.55. The summed E-state index contributed by atoms with van der Waals surface area (Å²) in [6.45, 7) is 5.96. The minimum absolute atomic E-state index is 0.116. The molecular formula is C20H25NO3S. The quantitative estimate of drug-likeness (QED) is 0.842. The molecule has 5 heteroatoms. The van der Waals surface area contributed by atoms with Crippen LogP contribution in [0.15, 0.2) is 53.4 Å². The molecule has 0 aliphatic carbocycles. The van der Waals surface area contributed by atoms with Crippen molar-refractivity contribution < 1.29 is 13.2 Å². The Bertz CT molecular complexity index is 844. The summed E-state index contributed by atoms with van der Waals surface area (Å²) in [5, 5.41) is 2.93. The number of rotatable bonds is 6. The fourth-order valence-electron chi connectivity index (χ4n) is 2.81. The molecular weight excluding hydrogens is 334 g/mol. The number of anilines is 1. The molecule has 0 heterocycles. The Morgan fingerprint density at radius 2 is 1.76 bits per heavy atom. The Balaban J connectivity index is 2.36. The average molecular weight is 359 g/mol. The van der Waals surface area contributed by atoms with E-state index in [1.54, 1.807) is 12.1 Å². The Morgan fingerprint density at radius 3 is 2.32 bits per heavy atom. The summed E-state index contributed by atoms with van der Waals surface area (Å²) >= 11 is 0. The highest BCUT2D eigenvalue weighted by Crippen LogP contribution is 2.29. The van der Waals surface area contributed by atoms with Crippen LogP contribution in [0, 0.1) is 12.8 Å². The van der Waals surface area contributed by atoms with E-state index < -0.39 is 9.84 Å². The van der Waals surface area contributed by atoms with Gasteiger partial charge in [-0.15, -0.1) is 0 Å². The molecule has 0 aliphatic rings. The van der Waals surface area contributed by atoms with Gasteiger partial charge in [0.05, 0.1) is 10.8 Å². The lowest BCUT2D eigenvalue weighted by molar-refractivity contribution is -0.118. The first-order chi connectivity index (χ1) is 11.7. The smallest absolute Gasteiger partial charge is 0.232 e. The number of benzene rings is 2. The van der Waals surface area contributed by atoms with E-state index in [0.29, 0.717) is 5.69 Å². The van der Waals surface area contributed by atoms with Crippen molar-refractivity contribution in [2.45, 2.75) is 38.0 Å². The van der Waals surface area contributed by atoms with Gasteiger partial charge in [0.25, 0.3) is 0 Å². The van der Waals surface area contributed by atoms with Crippen molar-refractivity contribution >= 4 is 21.4 Å². The fraction of sp³-hybridized carbons (Fsp3) is 0.350. The third-order valence-corrected chi connectivity index (χ3v) is 5.66.